The summed E-state index contributed by atoms with van der Waals surface area (Å²) in [7, 11) is 0. The van der Waals surface area contributed by atoms with E-state index in [0.29, 0.717) is 12.2 Å². The third-order valence-corrected chi connectivity index (χ3v) is 7.66. The first-order valence-corrected chi connectivity index (χ1v) is 12.8. The van der Waals surface area contributed by atoms with Crippen molar-refractivity contribution in [3.8, 4) is 0 Å². The van der Waals surface area contributed by atoms with Crippen LogP contribution in [0.15, 0.2) is 47.6 Å². The summed E-state index contributed by atoms with van der Waals surface area (Å²) in [5.74, 6) is 0. The highest BCUT2D eigenvalue weighted by Gasteiger charge is 2.53. The fourth-order valence-corrected chi connectivity index (χ4v) is 5.47. The number of ether oxygens (including phenoxy) is 2. The van der Waals surface area contributed by atoms with Gasteiger partial charge in [-0.2, -0.15) is 0 Å². The Labute approximate surface area is 198 Å². The molecule has 4 atom stereocenters. The average molecular weight is 441 g/mol. The van der Waals surface area contributed by atoms with E-state index in [9.17, 15) is 0 Å². The van der Waals surface area contributed by atoms with Crippen molar-refractivity contribution in [2.75, 3.05) is 0 Å². The van der Waals surface area contributed by atoms with E-state index in [0.717, 1.165) is 32.1 Å². The van der Waals surface area contributed by atoms with Crippen molar-refractivity contribution in [3.63, 3.8) is 0 Å². The Bertz CT molecular complexity index is 781. The van der Waals surface area contributed by atoms with Gasteiger partial charge in [0.15, 0.2) is 0 Å². The van der Waals surface area contributed by atoms with Crippen molar-refractivity contribution >= 4 is 0 Å². The van der Waals surface area contributed by atoms with Gasteiger partial charge in [0.2, 0.25) is 0 Å². The number of rotatable bonds is 0. The SMILES string of the molecule is C/C1=C/CCC2OC2(C)CC(C)(C)/C=C\C1.C/C1=C\CC[C@@]2(C)O[C@@H]2CC(C)(C)/C=C/C1. The Morgan fingerprint density at radius 2 is 1.28 bits per heavy atom. The molecule has 0 aromatic heterocycles. The quantitative estimate of drug-likeness (QED) is 0.279. The second-order valence-electron chi connectivity index (χ2n) is 12.6. The third kappa shape index (κ3) is 7.45. The number of epoxide rings is 2. The number of hydrogen-bond donors (Lipinski definition) is 0. The largest absolute Gasteiger partial charge is 0.366 e. The molecule has 32 heavy (non-hydrogen) atoms. The second-order valence-corrected chi connectivity index (χ2v) is 12.6. The zero-order chi connectivity index (χ0) is 23.6. The first-order valence-electron chi connectivity index (χ1n) is 12.8. The lowest BCUT2D eigenvalue weighted by molar-refractivity contribution is 0.245. The van der Waals surface area contributed by atoms with Crippen LogP contribution in [-0.4, -0.2) is 23.4 Å². The van der Waals surface area contributed by atoms with E-state index in [1.807, 2.05) is 0 Å². The molecule has 2 saturated heterocycles. The maximum atomic E-state index is 5.88. The van der Waals surface area contributed by atoms with Crippen LogP contribution in [0.5, 0.6) is 0 Å². The molecule has 0 aromatic rings. The summed E-state index contributed by atoms with van der Waals surface area (Å²) in [5.41, 5.74) is 3.79. The van der Waals surface area contributed by atoms with Gasteiger partial charge in [-0.05, 0) is 89.9 Å². The molecule has 2 unspecified atom stereocenters. The minimum atomic E-state index is 0.139. The van der Waals surface area contributed by atoms with Crippen molar-refractivity contribution in [1.29, 1.82) is 0 Å². The molecule has 4 rings (SSSR count). The molecule has 2 fully saturated rings. The maximum absolute atomic E-state index is 5.88. The van der Waals surface area contributed by atoms with E-state index in [1.54, 1.807) is 0 Å². The van der Waals surface area contributed by atoms with Crippen LogP contribution in [0.4, 0.5) is 0 Å². The first-order chi connectivity index (χ1) is 14.8. The van der Waals surface area contributed by atoms with Gasteiger partial charge in [-0.3, -0.25) is 0 Å². The molecular weight excluding hydrogens is 392 g/mol. The number of fused-ring (bicyclic) bond motifs is 2. The van der Waals surface area contributed by atoms with Crippen LogP contribution in [0.1, 0.15) is 107 Å². The zero-order valence-electron chi connectivity index (χ0n) is 22.1. The highest BCUT2D eigenvalue weighted by atomic mass is 16.6. The molecule has 2 aliphatic carbocycles. The van der Waals surface area contributed by atoms with Gasteiger partial charge in [-0.15, -0.1) is 0 Å². The summed E-state index contributed by atoms with van der Waals surface area (Å²) in [6.07, 6.45) is 24.2. The van der Waals surface area contributed by atoms with Crippen molar-refractivity contribution in [3.05, 3.63) is 47.6 Å². The van der Waals surface area contributed by atoms with Crippen LogP contribution >= 0.6 is 0 Å². The smallest absolute Gasteiger partial charge is 0.0928 e. The molecule has 2 aliphatic heterocycles. The molecule has 0 amide bonds. The van der Waals surface area contributed by atoms with Crippen LogP contribution in [0.3, 0.4) is 0 Å². The summed E-state index contributed by atoms with van der Waals surface area (Å²) in [6.45, 7) is 18.2. The van der Waals surface area contributed by atoms with Crippen molar-refractivity contribution < 1.29 is 9.47 Å². The van der Waals surface area contributed by atoms with Gasteiger partial charge in [0, 0.05) is 0 Å². The predicted molar refractivity (Wildman–Crippen MR) is 137 cm³/mol. The van der Waals surface area contributed by atoms with E-state index in [-0.39, 0.29) is 22.0 Å². The molecule has 2 nitrogen and oxygen atoms in total. The summed E-state index contributed by atoms with van der Waals surface area (Å²) >= 11 is 0. The Morgan fingerprint density at radius 3 is 1.94 bits per heavy atom. The number of hydrogen-bond acceptors (Lipinski definition) is 2. The summed E-state index contributed by atoms with van der Waals surface area (Å²) < 4.78 is 11.8. The minimum Gasteiger partial charge on any atom is -0.366 e. The normalized spacial score (nSPS) is 43.5. The standard InChI is InChI=1S/2C15H24O/c1-12-7-5-9-14(2,3)11-13-15(4,16-13)10-6-8-12;1-12-7-5-9-13-15(4,16-13)11-14(2,3)10-6-8-12/h5,8-9,13H,6-7,10-11H2,1-4H3;6-7,10,13H,5,8-9,11H2,1-4H3/b9-5+,12-8+;10-6-,12-7-/t13-,15-;/m1./s1. The van der Waals surface area contributed by atoms with E-state index >= 15 is 0 Å². The fourth-order valence-electron chi connectivity index (χ4n) is 5.47. The van der Waals surface area contributed by atoms with Gasteiger partial charge in [0.1, 0.15) is 0 Å². The Balaban J connectivity index is 0.000000181. The van der Waals surface area contributed by atoms with Gasteiger partial charge >= 0.3 is 0 Å². The van der Waals surface area contributed by atoms with Gasteiger partial charge < -0.3 is 9.47 Å². The molecular formula is C30H48O2. The van der Waals surface area contributed by atoms with E-state index in [4.69, 9.17) is 9.47 Å². The monoisotopic (exact) mass is 440 g/mol. The molecule has 0 aromatic carbocycles. The number of allylic oxidation sites excluding steroid dienone is 8. The first kappa shape index (κ1) is 25.5. The van der Waals surface area contributed by atoms with E-state index in [1.165, 1.54) is 30.4 Å². The van der Waals surface area contributed by atoms with Crippen molar-refractivity contribution in [2.45, 2.75) is 130 Å². The Hall–Kier alpha value is -1.12. The van der Waals surface area contributed by atoms with Gasteiger partial charge in [-0.1, -0.05) is 75.3 Å². The minimum absolute atomic E-state index is 0.139. The molecule has 4 aliphatic rings. The Morgan fingerprint density at radius 1 is 0.719 bits per heavy atom. The summed E-state index contributed by atoms with van der Waals surface area (Å²) in [4.78, 5) is 0. The van der Waals surface area contributed by atoms with Crippen LogP contribution in [0, 0.1) is 10.8 Å². The molecule has 0 radical (unpaired) electrons. The Kier molecular flexibility index (Phi) is 7.67. The maximum Gasteiger partial charge on any atom is 0.0928 e. The van der Waals surface area contributed by atoms with Gasteiger partial charge in [0.05, 0.1) is 23.4 Å². The average Bonchev–Trinajstić information content (AvgIpc) is 3.48. The predicted octanol–water partition coefficient (Wildman–Crippen LogP) is 8.49. The molecule has 180 valence electrons. The fraction of sp³-hybridized carbons (Fsp3) is 0.733. The zero-order valence-corrected chi connectivity index (χ0v) is 22.1. The molecule has 0 saturated carbocycles. The van der Waals surface area contributed by atoms with Crippen molar-refractivity contribution in [2.24, 2.45) is 10.8 Å². The second kappa shape index (κ2) is 9.63. The van der Waals surface area contributed by atoms with Crippen LogP contribution < -0.4 is 0 Å². The lowest BCUT2D eigenvalue weighted by Crippen LogP contribution is -2.21. The van der Waals surface area contributed by atoms with Crippen molar-refractivity contribution in [1.82, 2.24) is 0 Å². The molecule has 2 heterocycles. The van der Waals surface area contributed by atoms with Gasteiger partial charge in [0.25, 0.3) is 0 Å². The van der Waals surface area contributed by atoms with E-state index in [2.05, 4.69) is 91.8 Å². The van der Waals surface area contributed by atoms with Crippen LogP contribution in [0.25, 0.3) is 0 Å². The topological polar surface area (TPSA) is 25.1 Å². The third-order valence-electron chi connectivity index (χ3n) is 7.66. The molecule has 0 N–H and O–H groups in total. The van der Waals surface area contributed by atoms with Crippen LogP contribution in [0.2, 0.25) is 0 Å². The van der Waals surface area contributed by atoms with Crippen LogP contribution in [-0.2, 0) is 9.47 Å². The lowest BCUT2D eigenvalue weighted by atomic mass is 9.81. The summed E-state index contributed by atoms with van der Waals surface area (Å²) in [5, 5.41) is 0. The van der Waals surface area contributed by atoms with Gasteiger partial charge in [-0.25, -0.2) is 0 Å². The lowest BCUT2D eigenvalue weighted by Gasteiger charge is -2.23. The molecule has 0 spiro atoms. The molecule has 2 heteroatoms. The highest BCUT2D eigenvalue weighted by molar-refractivity contribution is 5.13. The van der Waals surface area contributed by atoms with E-state index < -0.39 is 0 Å². The highest BCUT2D eigenvalue weighted by Crippen LogP contribution is 2.48. The summed E-state index contributed by atoms with van der Waals surface area (Å²) in [6, 6.07) is 0. The molecule has 0 bridgehead atoms.